The van der Waals surface area contributed by atoms with E-state index in [0.29, 0.717) is 12.5 Å². The van der Waals surface area contributed by atoms with Gasteiger partial charge in [0.1, 0.15) is 5.82 Å². The molecule has 2 N–H and O–H groups in total. The molecule has 0 bridgehead atoms. The van der Waals surface area contributed by atoms with Crippen molar-refractivity contribution >= 4 is 34.3 Å². The van der Waals surface area contributed by atoms with Gasteiger partial charge in [-0.15, -0.1) is 0 Å². The Morgan fingerprint density at radius 2 is 1.76 bits per heavy atom. The van der Waals surface area contributed by atoms with Crippen molar-refractivity contribution in [1.82, 2.24) is 9.97 Å². The lowest BCUT2D eigenvalue weighted by Crippen LogP contribution is -2.06. The zero-order valence-electron chi connectivity index (χ0n) is 11.6. The summed E-state index contributed by atoms with van der Waals surface area (Å²) < 4.78 is 0. The van der Waals surface area contributed by atoms with Gasteiger partial charge in [-0.2, -0.15) is 4.98 Å². The van der Waals surface area contributed by atoms with Gasteiger partial charge in [-0.25, -0.2) is 4.98 Å². The summed E-state index contributed by atoms with van der Waals surface area (Å²) in [5.74, 6) is 1.39. The van der Waals surface area contributed by atoms with Crippen LogP contribution in [-0.2, 0) is 6.54 Å². The summed E-state index contributed by atoms with van der Waals surface area (Å²) in [6, 6.07) is 15.6. The van der Waals surface area contributed by atoms with Crippen LogP contribution in [0.1, 0.15) is 5.56 Å². The fourth-order valence-electron chi connectivity index (χ4n) is 2.16. The first kappa shape index (κ1) is 13.6. The third-order valence-corrected chi connectivity index (χ3v) is 3.60. The van der Waals surface area contributed by atoms with E-state index in [1.807, 2.05) is 55.6 Å². The summed E-state index contributed by atoms with van der Waals surface area (Å²) in [5, 5.41) is 8.06. The first-order valence-electron chi connectivity index (χ1n) is 6.70. The van der Waals surface area contributed by atoms with Gasteiger partial charge in [0.2, 0.25) is 5.95 Å². The zero-order chi connectivity index (χ0) is 14.7. The van der Waals surface area contributed by atoms with Crippen LogP contribution in [0.4, 0.5) is 11.8 Å². The number of hydrogen-bond donors (Lipinski definition) is 2. The molecule has 0 fully saturated rings. The molecule has 0 aliphatic rings. The Bertz CT molecular complexity index is 773. The molecule has 21 heavy (non-hydrogen) atoms. The van der Waals surface area contributed by atoms with Gasteiger partial charge in [0, 0.05) is 24.0 Å². The quantitative estimate of drug-likeness (QED) is 0.766. The number of hydrogen-bond acceptors (Lipinski definition) is 4. The largest absolute Gasteiger partial charge is 0.372 e. The van der Waals surface area contributed by atoms with E-state index in [0.717, 1.165) is 27.3 Å². The van der Waals surface area contributed by atoms with Gasteiger partial charge >= 0.3 is 0 Å². The standard InChI is InChI=1S/C16H15ClN4/c1-18-15-12-7-3-5-9-14(12)20-16(21-15)19-10-11-6-2-4-8-13(11)17/h2-9H,10H2,1H3,(H2,18,19,20,21). The van der Waals surface area contributed by atoms with Gasteiger partial charge in [0.15, 0.2) is 0 Å². The Morgan fingerprint density at radius 3 is 2.57 bits per heavy atom. The Balaban J connectivity index is 1.89. The summed E-state index contributed by atoms with van der Waals surface area (Å²) in [5.41, 5.74) is 1.92. The molecule has 1 heterocycles. The number of nitrogens with zero attached hydrogens (tertiary/aromatic N) is 2. The van der Waals surface area contributed by atoms with Crippen molar-refractivity contribution in [2.45, 2.75) is 6.54 Å². The highest BCUT2D eigenvalue weighted by Crippen LogP contribution is 2.22. The third-order valence-electron chi connectivity index (χ3n) is 3.23. The lowest BCUT2D eigenvalue weighted by Gasteiger charge is -2.10. The zero-order valence-corrected chi connectivity index (χ0v) is 12.4. The Morgan fingerprint density at radius 1 is 1.00 bits per heavy atom. The van der Waals surface area contributed by atoms with Crippen molar-refractivity contribution in [2.75, 3.05) is 17.7 Å². The van der Waals surface area contributed by atoms with E-state index < -0.39 is 0 Å². The van der Waals surface area contributed by atoms with Crippen LogP contribution >= 0.6 is 11.6 Å². The van der Waals surface area contributed by atoms with Crippen LogP contribution in [0.15, 0.2) is 48.5 Å². The number of fused-ring (bicyclic) bond motifs is 1. The number of benzene rings is 2. The average Bonchev–Trinajstić information content (AvgIpc) is 2.53. The molecule has 0 spiro atoms. The molecule has 0 saturated carbocycles. The van der Waals surface area contributed by atoms with E-state index in [4.69, 9.17) is 11.6 Å². The maximum Gasteiger partial charge on any atom is 0.225 e. The molecule has 0 aliphatic carbocycles. The van der Waals surface area contributed by atoms with Crippen molar-refractivity contribution in [3.8, 4) is 0 Å². The maximum atomic E-state index is 6.15. The summed E-state index contributed by atoms with van der Waals surface area (Å²) in [6.07, 6.45) is 0. The SMILES string of the molecule is CNc1nc(NCc2ccccc2Cl)nc2ccccc12. The van der Waals surface area contributed by atoms with Crippen LogP contribution in [-0.4, -0.2) is 17.0 Å². The van der Waals surface area contributed by atoms with Crippen LogP contribution in [0.5, 0.6) is 0 Å². The van der Waals surface area contributed by atoms with Crippen LogP contribution in [0.25, 0.3) is 10.9 Å². The Kier molecular flexibility index (Phi) is 3.88. The fraction of sp³-hybridized carbons (Fsp3) is 0.125. The summed E-state index contributed by atoms with van der Waals surface area (Å²) in [6.45, 7) is 0.584. The topological polar surface area (TPSA) is 49.8 Å². The first-order valence-corrected chi connectivity index (χ1v) is 7.07. The number of aromatic nitrogens is 2. The second-order valence-electron chi connectivity index (χ2n) is 4.61. The van der Waals surface area contributed by atoms with Crippen LogP contribution in [0.2, 0.25) is 5.02 Å². The molecule has 4 nitrogen and oxygen atoms in total. The molecule has 3 aromatic rings. The molecule has 1 aromatic heterocycles. The monoisotopic (exact) mass is 298 g/mol. The molecule has 2 aromatic carbocycles. The fourth-order valence-corrected chi connectivity index (χ4v) is 2.36. The summed E-state index contributed by atoms with van der Waals surface area (Å²) in [7, 11) is 1.85. The predicted molar refractivity (Wildman–Crippen MR) is 87.9 cm³/mol. The van der Waals surface area contributed by atoms with Crippen LogP contribution < -0.4 is 10.6 Å². The van der Waals surface area contributed by atoms with Gasteiger partial charge < -0.3 is 10.6 Å². The highest BCUT2D eigenvalue weighted by Gasteiger charge is 2.06. The smallest absolute Gasteiger partial charge is 0.225 e. The van der Waals surface area contributed by atoms with Crippen molar-refractivity contribution < 1.29 is 0 Å². The first-order chi connectivity index (χ1) is 10.3. The van der Waals surface area contributed by atoms with Gasteiger partial charge in [-0.1, -0.05) is 41.9 Å². The molecule has 0 unspecified atom stereocenters. The van der Waals surface area contributed by atoms with Crippen molar-refractivity contribution in [2.24, 2.45) is 0 Å². The highest BCUT2D eigenvalue weighted by atomic mass is 35.5. The highest BCUT2D eigenvalue weighted by molar-refractivity contribution is 6.31. The van der Waals surface area contributed by atoms with E-state index in [9.17, 15) is 0 Å². The minimum Gasteiger partial charge on any atom is -0.372 e. The van der Waals surface area contributed by atoms with Crippen LogP contribution in [0.3, 0.4) is 0 Å². The van der Waals surface area contributed by atoms with Crippen LogP contribution in [0, 0.1) is 0 Å². The van der Waals surface area contributed by atoms with Crippen molar-refractivity contribution in [1.29, 1.82) is 0 Å². The minimum absolute atomic E-state index is 0.581. The molecule has 0 radical (unpaired) electrons. The lowest BCUT2D eigenvalue weighted by atomic mass is 10.2. The molecular formula is C16H15ClN4. The molecular weight excluding hydrogens is 284 g/mol. The minimum atomic E-state index is 0.581. The number of anilines is 2. The van der Waals surface area contributed by atoms with E-state index in [-0.39, 0.29) is 0 Å². The Hall–Kier alpha value is -2.33. The average molecular weight is 299 g/mol. The number of nitrogens with one attached hydrogen (secondary N) is 2. The molecule has 0 atom stereocenters. The van der Waals surface area contributed by atoms with Crippen molar-refractivity contribution in [3.63, 3.8) is 0 Å². The lowest BCUT2D eigenvalue weighted by molar-refractivity contribution is 1.07. The third kappa shape index (κ3) is 2.90. The van der Waals surface area contributed by atoms with E-state index in [1.54, 1.807) is 0 Å². The molecule has 0 saturated heterocycles. The Labute approximate surface area is 128 Å². The second kappa shape index (κ2) is 5.97. The number of halogens is 1. The maximum absolute atomic E-state index is 6.15. The molecule has 3 rings (SSSR count). The van der Waals surface area contributed by atoms with E-state index in [2.05, 4.69) is 20.6 Å². The van der Waals surface area contributed by atoms with E-state index >= 15 is 0 Å². The normalized spacial score (nSPS) is 10.6. The van der Waals surface area contributed by atoms with Gasteiger partial charge in [0.25, 0.3) is 0 Å². The molecule has 106 valence electrons. The molecule has 0 amide bonds. The number of rotatable bonds is 4. The van der Waals surface area contributed by atoms with Gasteiger partial charge in [-0.3, -0.25) is 0 Å². The molecule has 5 heteroatoms. The predicted octanol–water partition coefficient (Wildman–Crippen LogP) is 3.94. The number of para-hydroxylation sites is 1. The van der Waals surface area contributed by atoms with E-state index in [1.165, 1.54) is 0 Å². The second-order valence-corrected chi connectivity index (χ2v) is 5.02. The van der Waals surface area contributed by atoms with Crippen molar-refractivity contribution in [3.05, 3.63) is 59.1 Å². The summed E-state index contributed by atoms with van der Waals surface area (Å²) in [4.78, 5) is 9.01. The molecule has 0 aliphatic heterocycles. The summed E-state index contributed by atoms with van der Waals surface area (Å²) >= 11 is 6.15. The van der Waals surface area contributed by atoms with Gasteiger partial charge in [0.05, 0.1) is 5.52 Å². The van der Waals surface area contributed by atoms with Gasteiger partial charge in [-0.05, 0) is 23.8 Å².